The number of fused-ring (bicyclic) bond motifs is 2. The average Bonchev–Trinajstić information content (AvgIpc) is 3.22. The molecule has 0 bridgehead atoms. The first-order valence-corrected chi connectivity index (χ1v) is 9.96. The molecule has 30 heavy (non-hydrogen) atoms. The van der Waals surface area contributed by atoms with Crippen LogP contribution in [0.2, 0.25) is 0 Å². The summed E-state index contributed by atoms with van der Waals surface area (Å²) in [6.07, 6.45) is 1.91. The molecule has 10 heteroatoms. The molecular formula is C20H24N6O4. The standard InChI is InChI=1S/C20H24N6O4/c1-28-16-9-14-15(10-17(16)29-2)22-19(23-18(14)27)25-3-4-26-13(12-25)11-21-20(26)24-5-7-30-8-6-24/h9-11H,3-8,12H2,1-2H3,(H,22,23,27). The van der Waals surface area contributed by atoms with E-state index in [1.54, 1.807) is 26.4 Å². The number of rotatable bonds is 4. The van der Waals surface area contributed by atoms with Gasteiger partial charge in [0.2, 0.25) is 11.9 Å². The molecule has 0 spiro atoms. The predicted octanol–water partition coefficient (Wildman–Crippen LogP) is 0.994. The van der Waals surface area contributed by atoms with E-state index < -0.39 is 0 Å². The van der Waals surface area contributed by atoms with Gasteiger partial charge in [0, 0.05) is 32.2 Å². The van der Waals surface area contributed by atoms with Gasteiger partial charge in [-0.25, -0.2) is 4.98 Å². The van der Waals surface area contributed by atoms with Crippen LogP contribution in [0, 0.1) is 0 Å². The molecule has 0 aliphatic carbocycles. The van der Waals surface area contributed by atoms with Gasteiger partial charge in [-0.2, -0.15) is 4.98 Å². The largest absolute Gasteiger partial charge is 0.493 e. The van der Waals surface area contributed by atoms with Crippen LogP contribution in [-0.2, 0) is 17.8 Å². The maximum atomic E-state index is 12.7. The number of anilines is 2. The Kier molecular flexibility index (Phi) is 4.70. The fourth-order valence-electron chi connectivity index (χ4n) is 4.08. The van der Waals surface area contributed by atoms with Crippen LogP contribution in [0.1, 0.15) is 5.69 Å². The monoisotopic (exact) mass is 412 g/mol. The number of benzene rings is 1. The van der Waals surface area contributed by atoms with Crippen molar-refractivity contribution in [2.45, 2.75) is 13.1 Å². The van der Waals surface area contributed by atoms with E-state index >= 15 is 0 Å². The zero-order valence-corrected chi connectivity index (χ0v) is 17.1. The van der Waals surface area contributed by atoms with Crippen molar-refractivity contribution >= 4 is 22.8 Å². The zero-order chi connectivity index (χ0) is 20.7. The van der Waals surface area contributed by atoms with E-state index in [-0.39, 0.29) is 5.56 Å². The molecule has 1 fully saturated rings. The Morgan fingerprint density at radius 1 is 1.03 bits per heavy atom. The fourth-order valence-corrected chi connectivity index (χ4v) is 4.08. The maximum absolute atomic E-state index is 12.7. The molecule has 158 valence electrons. The highest BCUT2D eigenvalue weighted by Gasteiger charge is 2.25. The summed E-state index contributed by atoms with van der Waals surface area (Å²) in [5.74, 6) is 2.59. The third-order valence-corrected chi connectivity index (χ3v) is 5.67. The number of morpholine rings is 1. The Labute approximate surface area is 173 Å². The lowest BCUT2D eigenvalue weighted by Crippen LogP contribution is -2.40. The van der Waals surface area contributed by atoms with Crippen LogP contribution in [0.5, 0.6) is 11.5 Å². The Hall–Kier alpha value is -3.27. The second-order valence-electron chi connectivity index (χ2n) is 7.34. The van der Waals surface area contributed by atoms with Crippen molar-refractivity contribution in [2.75, 3.05) is 56.9 Å². The number of H-pyrrole nitrogens is 1. The van der Waals surface area contributed by atoms with Gasteiger partial charge in [0.1, 0.15) is 0 Å². The van der Waals surface area contributed by atoms with Gasteiger partial charge in [-0.1, -0.05) is 0 Å². The summed E-state index contributed by atoms with van der Waals surface area (Å²) >= 11 is 0. The number of methoxy groups -OCH3 is 2. The van der Waals surface area contributed by atoms with Crippen molar-refractivity contribution in [2.24, 2.45) is 0 Å². The lowest BCUT2D eigenvalue weighted by molar-refractivity contribution is 0.121. The van der Waals surface area contributed by atoms with Crippen molar-refractivity contribution in [1.82, 2.24) is 19.5 Å². The number of hydrogen-bond donors (Lipinski definition) is 1. The summed E-state index contributed by atoms with van der Waals surface area (Å²) in [4.78, 5) is 29.2. The number of nitrogens with one attached hydrogen (secondary N) is 1. The minimum atomic E-state index is -0.298. The number of aromatic nitrogens is 4. The van der Waals surface area contributed by atoms with Gasteiger partial charge in [-0.15, -0.1) is 0 Å². The molecule has 0 atom stereocenters. The molecule has 1 aromatic carbocycles. The minimum absolute atomic E-state index is 0.298. The van der Waals surface area contributed by atoms with Crippen molar-refractivity contribution in [3.05, 3.63) is 34.4 Å². The Bertz CT molecular complexity index is 1130. The molecular weight excluding hydrogens is 388 g/mol. The molecule has 2 aromatic heterocycles. The van der Waals surface area contributed by atoms with Gasteiger partial charge >= 0.3 is 0 Å². The molecule has 1 N–H and O–H groups in total. The molecule has 0 amide bonds. The van der Waals surface area contributed by atoms with Crippen molar-refractivity contribution in [1.29, 1.82) is 0 Å². The molecule has 4 heterocycles. The second-order valence-corrected chi connectivity index (χ2v) is 7.34. The Morgan fingerprint density at radius 3 is 2.57 bits per heavy atom. The maximum Gasteiger partial charge on any atom is 0.282 e. The molecule has 0 saturated carbocycles. The first-order chi connectivity index (χ1) is 14.7. The minimum Gasteiger partial charge on any atom is -0.493 e. The third kappa shape index (κ3) is 3.13. The van der Waals surface area contributed by atoms with E-state index in [0.717, 1.165) is 51.0 Å². The highest BCUT2D eigenvalue weighted by molar-refractivity contribution is 5.82. The Balaban J connectivity index is 1.45. The normalized spacial score (nSPS) is 16.6. The van der Waals surface area contributed by atoms with Crippen LogP contribution in [0.25, 0.3) is 10.9 Å². The van der Waals surface area contributed by atoms with E-state index in [1.165, 1.54) is 0 Å². The van der Waals surface area contributed by atoms with Crippen LogP contribution in [0.3, 0.4) is 0 Å². The van der Waals surface area contributed by atoms with E-state index in [1.807, 2.05) is 6.20 Å². The first kappa shape index (κ1) is 18.7. The van der Waals surface area contributed by atoms with E-state index in [4.69, 9.17) is 14.2 Å². The molecule has 2 aliphatic rings. The van der Waals surface area contributed by atoms with Crippen LogP contribution < -0.4 is 24.8 Å². The van der Waals surface area contributed by atoms with Gasteiger partial charge < -0.3 is 33.6 Å². The van der Waals surface area contributed by atoms with Crippen LogP contribution in [0.4, 0.5) is 11.9 Å². The average molecular weight is 412 g/mol. The number of ether oxygens (including phenoxy) is 3. The number of nitrogens with zero attached hydrogens (tertiary/aromatic N) is 5. The summed E-state index contributed by atoms with van der Waals surface area (Å²) in [5.41, 5.74) is 1.46. The second kappa shape index (κ2) is 7.52. The number of aromatic amines is 1. The lowest BCUT2D eigenvalue weighted by Gasteiger charge is -2.33. The van der Waals surface area contributed by atoms with Crippen molar-refractivity contribution in [3.63, 3.8) is 0 Å². The third-order valence-electron chi connectivity index (χ3n) is 5.67. The molecule has 5 rings (SSSR count). The SMILES string of the molecule is COc1cc2[nH]c(N3CCn4c(cnc4N4CCOCC4)C3)nc(=O)c2cc1OC. The van der Waals surface area contributed by atoms with Crippen molar-refractivity contribution < 1.29 is 14.2 Å². The molecule has 1 saturated heterocycles. The summed E-state index contributed by atoms with van der Waals surface area (Å²) in [6.45, 7) is 5.28. The number of hydrogen-bond acceptors (Lipinski definition) is 8. The van der Waals surface area contributed by atoms with Gasteiger partial charge in [0.15, 0.2) is 11.5 Å². The summed E-state index contributed by atoms with van der Waals surface area (Å²) in [7, 11) is 3.11. The van der Waals surface area contributed by atoms with Gasteiger partial charge in [-0.05, 0) is 6.07 Å². The van der Waals surface area contributed by atoms with Crippen molar-refractivity contribution in [3.8, 4) is 11.5 Å². The quantitative estimate of drug-likeness (QED) is 0.678. The van der Waals surface area contributed by atoms with Crippen LogP contribution in [-0.4, -0.2) is 66.6 Å². The molecule has 0 unspecified atom stereocenters. The molecule has 3 aromatic rings. The van der Waals surface area contributed by atoms with Gasteiger partial charge in [0.25, 0.3) is 5.56 Å². The van der Waals surface area contributed by atoms with E-state index in [9.17, 15) is 4.79 Å². The highest BCUT2D eigenvalue weighted by Crippen LogP contribution is 2.31. The van der Waals surface area contributed by atoms with E-state index in [0.29, 0.717) is 34.9 Å². The molecule has 2 aliphatic heterocycles. The fraction of sp³-hybridized carbons (Fsp3) is 0.450. The lowest BCUT2D eigenvalue weighted by atomic mass is 10.2. The summed E-state index contributed by atoms with van der Waals surface area (Å²) < 4.78 is 18.4. The highest BCUT2D eigenvalue weighted by atomic mass is 16.5. The summed E-state index contributed by atoms with van der Waals surface area (Å²) in [5, 5.41) is 0.466. The molecule has 0 radical (unpaired) electrons. The summed E-state index contributed by atoms with van der Waals surface area (Å²) in [6, 6.07) is 3.43. The van der Waals surface area contributed by atoms with Crippen LogP contribution >= 0.6 is 0 Å². The Morgan fingerprint density at radius 2 is 1.80 bits per heavy atom. The van der Waals surface area contributed by atoms with E-state index in [2.05, 4.69) is 29.3 Å². The van der Waals surface area contributed by atoms with Crippen LogP contribution in [0.15, 0.2) is 23.1 Å². The van der Waals surface area contributed by atoms with Gasteiger partial charge in [-0.3, -0.25) is 4.79 Å². The van der Waals surface area contributed by atoms with Gasteiger partial charge in [0.05, 0.1) is 56.8 Å². The number of imidazole rings is 1. The topological polar surface area (TPSA) is 97.7 Å². The smallest absolute Gasteiger partial charge is 0.282 e. The zero-order valence-electron chi connectivity index (χ0n) is 17.1. The first-order valence-electron chi connectivity index (χ1n) is 9.96. The molecule has 10 nitrogen and oxygen atoms in total. The predicted molar refractivity (Wildman–Crippen MR) is 112 cm³/mol.